The molecule has 1 saturated heterocycles. The highest BCUT2D eigenvalue weighted by Crippen LogP contribution is 2.24. The summed E-state index contributed by atoms with van der Waals surface area (Å²) in [7, 11) is 0. The molecular formula is C11H10BrN3OS. The molecule has 0 aromatic heterocycles. The Morgan fingerprint density at radius 1 is 1.65 bits per heavy atom. The van der Waals surface area contributed by atoms with Crippen molar-refractivity contribution in [2.45, 2.75) is 6.04 Å². The molecule has 1 heterocycles. The average Bonchev–Trinajstić information content (AvgIpc) is 2.85. The van der Waals surface area contributed by atoms with Crippen molar-refractivity contribution in [3.8, 4) is 6.07 Å². The highest BCUT2D eigenvalue weighted by Gasteiger charge is 2.22. The number of carbonyl (C=O) groups excluding carboxylic acids is 1. The summed E-state index contributed by atoms with van der Waals surface area (Å²) in [6, 6.07) is 7.00. The van der Waals surface area contributed by atoms with Gasteiger partial charge >= 0.3 is 0 Å². The molecule has 1 aliphatic rings. The lowest BCUT2D eigenvalue weighted by molar-refractivity contribution is -0.117. The topological polar surface area (TPSA) is 64.9 Å². The Morgan fingerprint density at radius 2 is 2.47 bits per heavy atom. The van der Waals surface area contributed by atoms with Crippen LogP contribution in [-0.2, 0) is 4.79 Å². The van der Waals surface area contributed by atoms with Crippen LogP contribution in [-0.4, -0.2) is 23.6 Å². The number of nitrogens with one attached hydrogen (secondary N) is 2. The van der Waals surface area contributed by atoms with Gasteiger partial charge in [0, 0.05) is 16.1 Å². The lowest BCUT2D eigenvalue weighted by atomic mass is 10.2. The van der Waals surface area contributed by atoms with Crippen molar-refractivity contribution >= 4 is 39.3 Å². The molecular weight excluding hydrogens is 302 g/mol. The number of anilines is 1. The largest absolute Gasteiger partial charge is 0.324 e. The van der Waals surface area contributed by atoms with Crippen molar-refractivity contribution in [1.29, 1.82) is 5.26 Å². The van der Waals surface area contributed by atoms with E-state index in [1.54, 1.807) is 30.0 Å². The maximum Gasteiger partial charge on any atom is 0.242 e. The molecule has 1 amide bonds. The highest BCUT2D eigenvalue weighted by molar-refractivity contribution is 9.10. The molecule has 4 nitrogen and oxygen atoms in total. The number of carbonyl (C=O) groups is 1. The van der Waals surface area contributed by atoms with Gasteiger partial charge < -0.3 is 5.32 Å². The number of hydrogen-bond acceptors (Lipinski definition) is 4. The second kappa shape index (κ2) is 5.54. The van der Waals surface area contributed by atoms with Gasteiger partial charge in [0.15, 0.2) is 0 Å². The van der Waals surface area contributed by atoms with Crippen molar-refractivity contribution < 1.29 is 4.79 Å². The summed E-state index contributed by atoms with van der Waals surface area (Å²) in [6.45, 7) is 0. The number of nitrogens with zero attached hydrogens (tertiary/aromatic N) is 1. The van der Waals surface area contributed by atoms with Crippen LogP contribution >= 0.6 is 27.7 Å². The lowest BCUT2D eigenvalue weighted by Gasteiger charge is -2.11. The molecule has 6 heteroatoms. The number of nitriles is 1. The summed E-state index contributed by atoms with van der Waals surface area (Å²) in [4.78, 5) is 11.8. The minimum Gasteiger partial charge on any atom is -0.324 e. The zero-order valence-corrected chi connectivity index (χ0v) is 11.3. The predicted octanol–water partition coefficient (Wildman–Crippen LogP) is 1.92. The number of halogens is 1. The number of benzene rings is 1. The molecule has 1 aromatic carbocycles. The van der Waals surface area contributed by atoms with Gasteiger partial charge in [-0.05, 0) is 34.1 Å². The van der Waals surface area contributed by atoms with Gasteiger partial charge in [0.25, 0.3) is 0 Å². The third-order valence-electron chi connectivity index (χ3n) is 2.39. The smallest absolute Gasteiger partial charge is 0.242 e. The van der Waals surface area contributed by atoms with Gasteiger partial charge in [-0.25, -0.2) is 0 Å². The molecule has 0 aliphatic carbocycles. The summed E-state index contributed by atoms with van der Waals surface area (Å²) < 4.78 is 0.718. The molecule has 0 bridgehead atoms. The monoisotopic (exact) mass is 311 g/mol. The first-order chi connectivity index (χ1) is 8.20. The maximum atomic E-state index is 11.8. The van der Waals surface area contributed by atoms with Crippen LogP contribution in [0.2, 0.25) is 0 Å². The molecule has 0 spiro atoms. The number of thioether (sulfide) groups is 1. The molecule has 1 unspecified atom stereocenters. The predicted molar refractivity (Wildman–Crippen MR) is 71.7 cm³/mol. The average molecular weight is 312 g/mol. The van der Waals surface area contributed by atoms with Gasteiger partial charge in [-0.1, -0.05) is 0 Å². The van der Waals surface area contributed by atoms with Crippen LogP contribution in [0.1, 0.15) is 5.56 Å². The normalized spacial score (nSPS) is 18.7. The standard InChI is InChI=1S/C11H10BrN3OS/c12-8-3-7(4-13)1-2-9(8)15-11(16)10-5-17-6-14-10/h1-3,10,14H,5-6H2,(H,15,16). The Labute approximate surface area is 112 Å². The quantitative estimate of drug-likeness (QED) is 0.876. The van der Waals surface area contributed by atoms with E-state index < -0.39 is 0 Å². The summed E-state index contributed by atoms with van der Waals surface area (Å²) in [5.74, 6) is 1.56. The van der Waals surface area contributed by atoms with E-state index in [9.17, 15) is 4.79 Å². The molecule has 2 N–H and O–H groups in total. The van der Waals surface area contributed by atoms with Crippen LogP contribution in [0.4, 0.5) is 5.69 Å². The van der Waals surface area contributed by atoms with Crippen LogP contribution in [0, 0.1) is 11.3 Å². The number of amides is 1. The van der Waals surface area contributed by atoms with E-state index in [0.717, 1.165) is 16.1 Å². The van der Waals surface area contributed by atoms with E-state index in [4.69, 9.17) is 5.26 Å². The van der Waals surface area contributed by atoms with Crippen LogP contribution < -0.4 is 10.6 Å². The van der Waals surface area contributed by atoms with Crippen molar-refractivity contribution in [2.24, 2.45) is 0 Å². The highest BCUT2D eigenvalue weighted by atomic mass is 79.9. The van der Waals surface area contributed by atoms with Gasteiger partial charge in [-0.2, -0.15) is 5.26 Å². The van der Waals surface area contributed by atoms with Crippen molar-refractivity contribution in [3.05, 3.63) is 28.2 Å². The van der Waals surface area contributed by atoms with E-state index >= 15 is 0 Å². The molecule has 1 aromatic rings. The zero-order valence-electron chi connectivity index (χ0n) is 8.87. The molecule has 88 valence electrons. The van der Waals surface area contributed by atoms with Gasteiger partial charge in [0.05, 0.1) is 23.4 Å². The molecule has 2 rings (SSSR count). The van der Waals surface area contributed by atoms with Gasteiger partial charge in [0.1, 0.15) is 0 Å². The Balaban J connectivity index is 2.08. The van der Waals surface area contributed by atoms with Gasteiger partial charge in [-0.3, -0.25) is 10.1 Å². The van der Waals surface area contributed by atoms with Crippen LogP contribution in [0.3, 0.4) is 0 Å². The zero-order chi connectivity index (χ0) is 12.3. The molecule has 1 aliphatic heterocycles. The van der Waals surface area contributed by atoms with E-state index in [2.05, 4.69) is 26.6 Å². The molecule has 0 saturated carbocycles. The summed E-state index contributed by atoms with van der Waals surface area (Å²) in [6.07, 6.45) is 0. The Morgan fingerprint density at radius 3 is 3.06 bits per heavy atom. The first-order valence-electron chi connectivity index (χ1n) is 5.02. The van der Waals surface area contributed by atoms with Crippen LogP contribution in [0.25, 0.3) is 0 Å². The Hall–Kier alpha value is -1.03. The van der Waals surface area contributed by atoms with E-state index in [1.807, 2.05) is 6.07 Å². The number of hydrogen-bond donors (Lipinski definition) is 2. The fraction of sp³-hybridized carbons (Fsp3) is 0.273. The summed E-state index contributed by atoms with van der Waals surface area (Å²) in [5, 5.41) is 14.7. The fourth-order valence-corrected chi connectivity index (χ4v) is 2.89. The molecule has 1 fully saturated rings. The number of rotatable bonds is 2. The van der Waals surface area contributed by atoms with E-state index in [-0.39, 0.29) is 11.9 Å². The first kappa shape index (κ1) is 12.4. The minimum absolute atomic E-state index is 0.0413. The first-order valence-corrected chi connectivity index (χ1v) is 6.97. The Bertz CT molecular complexity index is 480. The molecule has 1 atom stereocenters. The third kappa shape index (κ3) is 3.00. The second-order valence-electron chi connectivity index (χ2n) is 3.57. The van der Waals surface area contributed by atoms with Crippen LogP contribution in [0.5, 0.6) is 0 Å². The van der Waals surface area contributed by atoms with Gasteiger partial charge in [-0.15, -0.1) is 11.8 Å². The fourth-order valence-electron chi connectivity index (χ4n) is 1.47. The Kier molecular flexibility index (Phi) is 4.05. The lowest BCUT2D eigenvalue weighted by Crippen LogP contribution is -2.37. The van der Waals surface area contributed by atoms with Crippen molar-refractivity contribution in [1.82, 2.24) is 5.32 Å². The van der Waals surface area contributed by atoms with E-state index in [1.165, 1.54) is 0 Å². The summed E-state index contributed by atoms with van der Waals surface area (Å²) in [5.41, 5.74) is 1.25. The SMILES string of the molecule is N#Cc1ccc(NC(=O)C2CSCN2)c(Br)c1. The van der Waals surface area contributed by atoms with Crippen molar-refractivity contribution in [2.75, 3.05) is 16.9 Å². The van der Waals surface area contributed by atoms with Crippen LogP contribution in [0.15, 0.2) is 22.7 Å². The van der Waals surface area contributed by atoms with Gasteiger partial charge in [0.2, 0.25) is 5.91 Å². The second-order valence-corrected chi connectivity index (χ2v) is 5.45. The summed E-state index contributed by atoms with van der Waals surface area (Å²) >= 11 is 5.04. The minimum atomic E-state index is -0.137. The van der Waals surface area contributed by atoms with Crippen molar-refractivity contribution in [3.63, 3.8) is 0 Å². The third-order valence-corrected chi connectivity index (χ3v) is 3.98. The maximum absolute atomic E-state index is 11.8. The van der Waals surface area contributed by atoms with E-state index in [0.29, 0.717) is 11.3 Å². The molecule has 0 radical (unpaired) electrons. The molecule has 17 heavy (non-hydrogen) atoms.